The van der Waals surface area contributed by atoms with E-state index in [0.29, 0.717) is 0 Å². The zero-order valence-electron chi connectivity index (χ0n) is 11.5. The van der Waals surface area contributed by atoms with Gasteiger partial charge in [-0.1, -0.05) is 11.8 Å². The summed E-state index contributed by atoms with van der Waals surface area (Å²) >= 11 is 0. The van der Waals surface area contributed by atoms with Crippen LogP contribution in [0.1, 0.15) is 34.8 Å². The fourth-order valence-corrected chi connectivity index (χ4v) is 1.61. The molecule has 0 aliphatic rings. The minimum absolute atomic E-state index is 0.0587. The molecule has 1 aromatic carbocycles. The molecule has 110 valence electrons. The molecule has 1 N–H and O–H groups in total. The zero-order chi connectivity index (χ0) is 16.0. The fraction of sp³-hybridized carbons (Fsp3) is 0.286. The lowest BCUT2D eigenvalue weighted by Crippen LogP contribution is -2.04. The number of aromatic carboxylic acids is 1. The van der Waals surface area contributed by atoms with E-state index in [1.54, 1.807) is 6.92 Å². The van der Waals surface area contributed by atoms with Crippen molar-refractivity contribution in [3.63, 3.8) is 0 Å². The van der Waals surface area contributed by atoms with Gasteiger partial charge in [-0.3, -0.25) is 14.9 Å². The Balaban J connectivity index is 3.14. The number of hydrogen-bond acceptors (Lipinski definition) is 5. The molecule has 0 aliphatic carbocycles. The monoisotopic (exact) mass is 291 g/mol. The smallest absolute Gasteiger partial charge is 0.336 e. The molecule has 0 spiro atoms. The summed E-state index contributed by atoms with van der Waals surface area (Å²) < 4.78 is 4.68. The van der Waals surface area contributed by atoms with Crippen LogP contribution in [0.5, 0.6) is 0 Å². The Kier molecular flexibility index (Phi) is 5.43. The van der Waals surface area contributed by atoms with Gasteiger partial charge in [-0.25, -0.2) is 4.79 Å². The van der Waals surface area contributed by atoms with Crippen molar-refractivity contribution in [1.82, 2.24) is 0 Å². The highest BCUT2D eigenvalue weighted by Crippen LogP contribution is 2.23. The highest BCUT2D eigenvalue weighted by molar-refractivity contribution is 5.91. The van der Waals surface area contributed by atoms with Gasteiger partial charge in [0.1, 0.15) is 6.42 Å². The number of carboxylic acid groups (broad SMARTS) is 1. The van der Waals surface area contributed by atoms with Gasteiger partial charge in [-0.05, 0) is 19.9 Å². The van der Waals surface area contributed by atoms with Gasteiger partial charge in [-0.15, -0.1) is 0 Å². The van der Waals surface area contributed by atoms with E-state index in [0.717, 1.165) is 0 Å². The van der Waals surface area contributed by atoms with Gasteiger partial charge in [0.15, 0.2) is 0 Å². The van der Waals surface area contributed by atoms with E-state index in [4.69, 9.17) is 5.11 Å². The molecule has 7 nitrogen and oxygen atoms in total. The third-order valence-electron chi connectivity index (χ3n) is 2.58. The molecule has 7 heteroatoms. The Bertz CT molecular complexity index is 618. The predicted octanol–water partition coefficient (Wildman–Crippen LogP) is 1.91. The molecule has 0 radical (unpaired) electrons. The molecule has 0 unspecified atom stereocenters. The average molecular weight is 291 g/mol. The Morgan fingerprint density at radius 3 is 2.62 bits per heavy atom. The lowest BCUT2D eigenvalue weighted by Gasteiger charge is -2.03. The number of nitro benzene ring substituents is 1. The van der Waals surface area contributed by atoms with Crippen molar-refractivity contribution in [3.05, 3.63) is 38.9 Å². The first-order chi connectivity index (χ1) is 9.86. The van der Waals surface area contributed by atoms with Gasteiger partial charge in [0.25, 0.3) is 5.69 Å². The standard InChI is InChI=1S/C14H13NO6/c1-3-21-13(16)6-4-5-10-7-11(14(17)18)9(2)12(8-10)15(19)20/h7-8H,3,6H2,1-2H3,(H,17,18). The van der Waals surface area contributed by atoms with E-state index in [1.807, 2.05) is 0 Å². The number of nitrogens with zero attached hydrogens (tertiary/aromatic N) is 1. The summed E-state index contributed by atoms with van der Waals surface area (Å²) in [6, 6.07) is 2.42. The molecule has 0 bridgehead atoms. The Morgan fingerprint density at radius 1 is 1.43 bits per heavy atom. The van der Waals surface area contributed by atoms with Crippen LogP contribution in [0.25, 0.3) is 0 Å². The van der Waals surface area contributed by atoms with Gasteiger partial charge in [0, 0.05) is 17.2 Å². The Morgan fingerprint density at radius 2 is 2.10 bits per heavy atom. The van der Waals surface area contributed by atoms with Crippen molar-refractivity contribution >= 4 is 17.6 Å². The number of nitro groups is 1. The number of esters is 1. The van der Waals surface area contributed by atoms with E-state index in [2.05, 4.69) is 16.6 Å². The van der Waals surface area contributed by atoms with Crippen molar-refractivity contribution in [2.75, 3.05) is 6.61 Å². The third-order valence-corrected chi connectivity index (χ3v) is 2.58. The van der Waals surface area contributed by atoms with Crippen LogP contribution in [0.3, 0.4) is 0 Å². The maximum absolute atomic E-state index is 11.1. The summed E-state index contributed by atoms with van der Waals surface area (Å²) in [4.78, 5) is 32.4. The average Bonchev–Trinajstić information content (AvgIpc) is 2.39. The van der Waals surface area contributed by atoms with Crippen LogP contribution >= 0.6 is 0 Å². The van der Waals surface area contributed by atoms with Gasteiger partial charge >= 0.3 is 11.9 Å². The van der Waals surface area contributed by atoms with Gasteiger partial charge in [0.2, 0.25) is 0 Å². The second-order valence-electron chi connectivity index (χ2n) is 4.01. The molecule has 0 atom stereocenters. The molecule has 0 aromatic heterocycles. The van der Waals surface area contributed by atoms with E-state index >= 15 is 0 Å². The number of hydrogen-bond donors (Lipinski definition) is 1. The number of rotatable bonds is 4. The normalized spacial score (nSPS) is 9.43. The largest absolute Gasteiger partial charge is 0.478 e. The number of ether oxygens (including phenoxy) is 1. The summed E-state index contributed by atoms with van der Waals surface area (Å²) in [5.74, 6) is 3.25. The molecule has 0 saturated carbocycles. The van der Waals surface area contributed by atoms with Gasteiger partial charge < -0.3 is 9.84 Å². The summed E-state index contributed by atoms with van der Waals surface area (Å²) in [5.41, 5.74) is -0.294. The second kappa shape index (κ2) is 7.05. The minimum atomic E-state index is -1.27. The molecule has 0 fully saturated rings. The summed E-state index contributed by atoms with van der Waals surface area (Å²) in [7, 11) is 0. The minimum Gasteiger partial charge on any atom is -0.478 e. The summed E-state index contributed by atoms with van der Waals surface area (Å²) in [6.45, 7) is 3.25. The second-order valence-corrected chi connectivity index (χ2v) is 4.01. The van der Waals surface area contributed by atoms with Crippen molar-refractivity contribution in [3.8, 4) is 11.8 Å². The van der Waals surface area contributed by atoms with Crippen molar-refractivity contribution in [2.45, 2.75) is 20.3 Å². The van der Waals surface area contributed by atoms with Crippen molar-refractivity contribution < 1.29 is 24.4 Å². The van der Waals surface area contributed by atoms with E-state index in [1.165, 1.54) is 19.1 Å². The van der Waals surface area contributed by atoms with E-state index in [-0.39, 0.29) is 35.4 Å². The molecular weight excluding hydrogens is 278 g/mol. The highest BCUT2D eigenvalue weighted by Gasteiger charge is 2.19. The first-order valence-corrected chi connectivity index (χ1v) is 6.03. The number of carbonyl (C=O) groups excluding carboxylic acids is 1. The van der Waals surface area contributed by atoms with E-state index in [9.17, 15) is 19.7 Å². The van der Waals surface area contributed by atoms with Crippen LogP contribution in [0, 0.1) is 28.9 Å². The van der Waals surface area contributed by atoms with Crippen LogP contribution in [0.15, 0.2) is 12.1 Å². The third kappa shape index (κ3) is 4.31. The molecule has 0 heterocycles. The van der Waals surface area contributed by atoms with Crippen LogP contribution in [-0.4, -0.2) is 28.6 Å². The first kappa shape index (κ1) is 16.2. The summed E-state index contributed by atoms with van der Waals surface area (Å²) in [6.07, 6.45) is -0.169. The molecule has 0 aliphatic heterocycles. The quantitative estimate of drug-likeness (QED) is 0.393. The van der Waals surface area contributed by atoms with E-state index < -0.39 is 16.9 Å². The lowest BCUT2D eigenvalue weighted by atomic mass is 10.0. The molecular formula is C14H13NO6. The van der Waals surface area contributed by atoms with Crippen molar-refractivity contribution in [2.24, 2.45) is 0 Å². The molecule has 0 saturated heterocycles. The van der Waals surface area contributed by atoms with Crippen LogP contribution in [0.4, 0.5) is 5.69 Å². The maximum atomic E-state index is 11.1. The lowest BCUT2D eigenvalue weighted by molar-refractivity contribution is -0.385. The number of carbonyl (C=O) groups is 2. The van der Waals surface area contributed by atoms with Gasteiger partial charge in [0.05, 0.1) is 17.1 Å². The topological polar surface area (TPSA) is 107 Å². The summed E-state index contributed by atoms with van der Waals surface area (Å²) in [5, 5.41) is 19.9. The molecule has 1 aromatic rings. The number of carboxylic acids is 1. The number of benzene rings is 1. The highest BCUT2D eigenvalue weighted by atomic mass is 16.6. The fourth-order valence-electron chi connectivity index (χ4n) is 1.61. The van der Waals surface area contributed by atoms with Crippen LogP contribution in [-0.2, 0) is 9.53 Å². The zero-order valence-corrected chi connectivity index (χ0v) is 11.5. The Labute approximate surface area is 120 Å². The Hall–Kier alpha value is -2.88. The van der Waals surface area contributed by atoms with Crippen LogP contribution < -0.4 is 0 Å². The van der Waals surface area contributed by atoms with Gasteiger partial charge in [-0.2, -0.15) is 0 Å². The molecule has 1 rings (SSSR count). The molecule has 21 heavy (non-hydrogen) atoms. The predicted molar refractivity (Wildman–Crippen MR) is 72.9 cm³/mol. The molecule has 0 amide bonds. The SMILES string of the molecule is CCOC(=O)CC#Cc1cc(C(=O)O)c(C)c([N+](=O)[O-])c1. The maximum Gasteiger partial charge on any atom is 0.336 e. The van der Waals surface area contributed by atoms with Crippen molar-refractivity contribution in [1.29, 1.82) is 0 Å². The van der Waals surface area contributed by atoms with Crippen LogP contribution in [0.2, 0.25) is 0 Å². The first-order valence-electron chi connectivity index (χ1n) is 6.03.